The van der Waals surface area contributed by atoms with Gasteiger partial charge >= 0.3 is 0 Å². The molecular formula is C16H20N4O. The summed E-state index contributed by atoms with van der Waals surface area (Å²) < 4.78 is 5.64. The first-order valence-electron chi connectivity index (χ1n) is 7.24. The van der Waals surface area contributed by atoms with Crippen LogP contribution in [0.25, 0.3) is 0 Å². The van der Waals surface area contributed by atoms with Crippen LogP contribution in [0.3, 0.4) is 0 Å². The van der Waals surface area contributed by atoms with E-state index in [1.807, 2.05) is 26.0 Å². The van der Waals surface area contributed by atoms with Crippen molar-refractivity contribution in [3.63, 3.8) is 0 Å². The molecule has 2 aromatic rings. The summed E-state index contributed by atoms with van der Waals surface area (Å²) in [7, 11) is 0. The predicted molar refractivity (Wildman–Crippen MR) is 83.4 cm³/mol. The molecule has 1 aliphatic rings. The fraction of sp³-hybridized carbons (Fsp3) is 0.375. The molecule has 1 aromatic carbocycles. The number of nitrogens with zero attached hydrogens (tertiary/aromatic N) is 3. The van der Waals surface area contributed by atoms with Gasteiger partial charge in [-0.1, -0.05) is 6.07 Å². The van der Waals surface area contributed by atoms with Crippen molar-refractivity contribution in [3.8, 4) is 5.88 Å². The van der Waals surface area contributed by atoms with Crippen LogP contribution in [0.1, 0.15) is 25.0 Å². The Morgan fingerprint density at radius 1 is 1.24 bits per heavy atom. The van der Waals surface area contributed by atoms with Crippen LogP contribution in [-0.2, 0) is 13.0 Å². The fourth-order valence-electron chi connectivity index (χ4n) is 2.54. The minimum Gasteiger partial charge on any atom is -0.475 e. The topological polar surface area (TPSA) is 64.3 Å². The van der Waals surface area contributed by atoms with Gasteiger partial charge in [0.2, 0.25) is 11.8 Å². The number of benzene rings is 1. The number of anilines is 2. The van der Waals surface area contributed by atoms with Crippen LogP contribution in [0, 0.1) is 0 Å². The maximum atomic E-state index is 5.88. The molecule has 1 aliphatic heterocycles. The molecule has 0 unspecified atom stereocenters. The van der Waals surface area contributed by atoms with Crippen LogP contribution in [0.15, 0.2) is 30.5 Å². The number of nitrogens with two attached hydrogens (primary N) is 1. The second-order valence-electron chi connectivity index (χ2n) is 5.56. The summed E-state index contributed by atoms with van der Waals surface area (Å²) in [6.07, 6.45) is 2.83. The molecule has 0 aliphatic carbocycles. The van der Waals surface area contributed by atoms with Gasteiger partial charge in [0, 0.05) is 31.0 Å². The number of hydrogen-bond donors (Lipinski definition) is 1. The molecule has 0 atom stereocenters. The highest BCUT2D eigenvalue weighted by atomic mass is 16.5. The molecule has 0 saturated carbocycles. The average molecular weight is 284 g/mol. The van der Waals surface area contributed by atoms with Gasteiger partial charge in [-0.05, 0) is 43.5 Å². The van der Waals surface area contributed by atoms with E-state index in [-0.39, 0.29) is 6.10 Å². The lowest BCUT2D eigenvalue weighted by molar-refractivity contribution is 0.232. The van der Waals surface area contributed by atoms with Crippen LogP contribution in [0.4, 0.5) is 11.6 Å². The Bertz CT molecular complexity index is 642. The van der Waals surface area contributed by atoms with Crippen molar-refractivity contribution < 1.29 is 4.74 Å². The lowest BCUT2D eigenvalue weighted by Crippen LogP contribution is -2.31. The third kappa shape index (κ3) is 3.07. The van der Waals surface area contributed by atoms with Gasteiger partial charge < -0.3 is 15.4 Å². The normalized spacial score (nSPS) is 14.1. The minimum absolute atomic E-state index is 0.106. The van der Waals surface area contributed by atoms with Crippen molar-refractivity contribution in [3.05, 3.63) is 41.6 Å². The summed E-state index contributed by atoms with van der Waals surface area (Å²) >= 11 is 0. The lowest BCUT2D eigenvalue weighted by Gasteiger charge is -2.29. The Morgan fingerprint density at radius 2 is 2.10 bits per heavy atom. The quantitative estimate of drug-likeness (QED) is 0.877. The number of nitrogen functional groups attached to an aromatic ring is 1. The monoisotopic (exact) mass is 284 g/mol. The molecule has 0 fully saturated rings. The molecule has 0 spiro atoms. The molecule has 110 valence electrons. The molecular weight excluding hydrogens is 264 g/mol. The minimum atomic E-state index is 0.106. The van der Waals surface area contributed by atoms with Crippen molar-refractivity contribution >= 4 is 11.6 Å². The highest BCUT2D eigenvalue weighted by molar-refractivity contribution is 5.48. The molecule has 21 heavy (non-hydrogen) atoms. The van der Waals surface area contributed by atoms with E-state index in [4.69, 9.17) is 10.5 Å². The number of rotatable bonds is 3. The van der Waals surface area contributed by atoms with E-state index in [0.717, 1.165) is 25.2 Å². The van der Waals surface area contributed by atoms with E-state index in [1.165, 1.54) is 11.1 Å². The van der Waals surface area contributed by atoms with Crippen molar-refractivity contribution in [2.24, 2.45) is 0 Å². The summed E-state index contributed by atoms with van der Waals surface area (Å²) in [6.45, 7) is 5.66. The molecule has 2 heterocycles. The maximum absolute atomic E-state index is 5.88. The van der Waals surface area contributed by atoms with Crippen LogP contribution >= 0.6 is 0 Å². The Balaban J connectivity index is 1.82. The standard InChI is InChI=1S/C16H20N4O/c1-11(2)21-15-5-7-18-16(19-15)20-8-6-12-3-4-14(17)9-13(12)10-20/h3-5,7,9,11H,6,8,10,17H2,1-2H3. The summed E-state index contributed by atoms with van der Waals surface area (Å²) in [4.78, 5) is 11.0. The first-order valence-corrected chi connectivity index (χ1v) is 7.24. The zero-order valence-corrected chi connectivity index (χ0v) is 12.4. The van der Waals surface area contributed by atoms with Crippen molar-refractivity contribution in [2.45, 2.75) is 32.9 Å². The SMILES string of the molecule is CC(C)Oc1ccnc(N2CCc3ccc(N)cc3C2)n1. The van der Waals surface area contributed by atoms with Gasteiger partial charge in [-0.25, -0.2) is 4.98 Å². The summed E-state index contributed by atoms with van der Waals surface area (Å²) in [5.74, 6) is 1.33. The molecule has 2 N–H and O–H groups in total. The van der Waals surface area contributed by atoms with Gasteiger partial charge in [0.1, 0.15) is 0 Å². The number of fused-ring (bicyclic) bond motifs is 1. The zero-order valence-electron chi connectivity index (χ0n) is 12.4. The van der Waals surface area contributed by atoms with Crippen LogP contribution < -0.4 is 15.4 Å². The van der Waals surface area contributed by atoms with E-state index in [0.29, 0.717) is 11.8 Å². The second kappa shape index (κ2) is 5.60. The van der Waals surface area contributed by atoms with Gasteiger partial charge in [0.25, 0.3) is 0 Å². The van der Waals surface area contributed by atoms with Gasteiger partial charge in [0.15, 0.2) is 0 Å². The third-order valence-corrected chi connectivity index (χ3v) is 3.50. The Morgan fingerprint density at radius 3 is 2.90 bits per heavy atom. The van der Waals surface area contributed by atoms with E-state index < -0.39 is 0 Å². The van der Waals surface area contributed by atoms with Crippen molar-refractivity contribution in [2.75, 3.05) is 17.2 Å². The first-order chi connectivity index (χ1) is 10.1. The molecule has 0 bridgehead atoms. The first kappa shape index (κ1) is 13.7. The molecule has 0 radical (unpaired) electrons. The average Bonchev–Trinajstić information content (AvgIpc) is 2.46. The molecule has 5 nitrogen and oxygen atoms in total. The summed E-state index contributed by atoms with van der Waals surface area (Å²) in [5, 5.41) is 0. The largest absolute Gasteiger partial charge is 0.475 e. The van der Waals surface area contributed by atoms with Gasteiger partial charge in [-0.3, -0.25) is 0 Å². The Hall–Kier alpha value is -2.30. The third-order valence-electron chi connectivity index (χ3n) is 3.50. The molecule has 1 aromatic heterocycles. The zero-order chi connectivity index (χ0) is 14.8. The van der Waals surface area contributed by atoms with E-state index in [9.17, 15) is 0 Å². The molecule has 3 rings (SSSR count). The summed E-state index contributed by atoms with van der Waals surface area (Å²) in [5.41, 5.74) is 9.28. The van der Waals surface area contributed by atoms with E-state index in [2.05, 4.69) is 20.9 Å². The number of ether oxygens (including phenoxy) is 1. The highest BCUT2D eigenvalue weighted by Gasteiger charge is 2.19. The van der Waals surface area contributed by atoms with Crippen molar-refractivity contribution in [1.29, 1.82) is 0 Å². The van der Waals surface area contributed by atoms with Gasteiger partial charge in [-0.15, -0.1) is 0 Å². The lowest BCUT2D eigenvalue weighted by atomic mass is 9.99. The van der Waals surface area contributed by atoms with E-state index >= 15 is 0 Å². The van der Waals surface area contributed by atoms with Crippen LogP contribution in [0.5, 0.6) is 5.88 Å². The van der Waals surface area contributed by atoms with Crippen molar-refractivity contribution in [1.82, 2.24) is 9.97 Å². The Kier molecular flexibility index (Phi) is 3.64. The van der Waals surface area contributed by atoms with E-state index in [1.54, 1.807) is 12.3 Å². The van der Waals surface area contributed by atoms with Crippen LogP contribution in [-0.4, -0.2) is 22.6 Å². The second-order valence-corrected chi connectivity index (χ2v) is 5.56. The van der Waals surface area contributed by atoms with Crippen LogP contribution in [0.2, 0.25) is 0 Å². The maximum Gasteiger partial charge on any atom is 0.228 e. The molecule has 5 heteroatoms. The molecule has 0 amide bonds. The number of aromatic nitrogens is 2. The Labute approximate surface area is 124 Å². The van der Waals surface area contributed by atoms with Gasteiger partial charge in [-0.2, -0.15) is 4.98 Å². The molecule has 0 saturated heterocycles. The smallest absolute Gasteiger partial charge is 0.228 e. The van der Waals surface area contributed by atoms with Gasteiger partial charge in [0.05, 0.1) is 6.10 Å². The highest BCUT2D eigenvalue weighted by Crippen LogP contribution is 2.24. The summed E-state index contributed by atoms with van der Waals surface area (Å²) in [6, 6.07) is 7.90. The number of hydrogen-bond acceptors (Lipinski definition) is 5. The predicted octanol–water partition coefficient (Wildman–Crippen LogP) is 2.41. The fourth-order valence-corrected chi connectivity index (χ4v) is 2.54.